The first-order valence-corrected chi connectivity index (χ1v) is 9.98. The zero-order valence-corrected chi connectivity index (χ0v) is 16.2. The number of carbonyl (C=O) groups excluding carboxylic acids is 1. The third-order valence-corrected chi connectivity index (χ3v) is 5.49. The van der Waals surface area contributed by atoms with Crippen LogP contribution in [0.25, 0.3) is 11.3 Å². The quantitative estimate of drug-likeness (QED) is 0.635. The molecule has 1 fully saturated rings. The van der Waals surface area contributed by atoms with Crippen molar-refractivity contribution in [2.45, 2.75) is 38.6 Å². The van der Waals surface area contributed by atoms with Crippen LogP contribution in [0.2, 0.25) is 0 Å². The number of likely N-dealkylation sites (tertiary alicyclic amines) is 1. The second-order valence-corrected chi connectivity index (χ2v) is 7.34. The maximum atomic E-state index is 13.5. The Morgan fingerprint density at radius 2 is 1.75 bits per heavy atom. The average molecular weight is 371 g/mol. The predicted molar refractivity (Wildman–Crippen MR) is 111 cm³/mol. The van der Waals surface area contributed by atoms with Crippen molar-refractivity contribution in [3.05, 3.63) is 83.8 Å². The lowest BCUT2D eigenvalue weighted by Crippen LogP contribution is -2.35. The number of benzene rings is 1. The Bertz CT molecular complexity index is 941. The van der Waals surface area contributed by atoms with E-state index in [1.807, 2.05) is 78.8 Å². The van der Waals surface area contributed by atoms with Crippen molar-refractivity contribution in [1.29, 1.82) is 0 Å². The lowest BCUT2D eigenvalue weighted by atomic mass is 10.0. The van der Waals surface area contributed by atoms with Gasteiger partial charge in [-0.25, -0.2) is 0 Å². The summed E-state index contributed by atoms with van der Waals surface area (Å²) in [5, 5.41) is 0. The van der Waals surface area contributed by atoms with Crippen molar-refractivity contribution in [3.8, 4) is 11.3 Å². The highest BCUT2D eigenvalue weighted by Gasteiger charge is 2.28. The van der Waals surface area contributed by atoms with Gasteiger partial charge in [-0.05, 0) is 49.6 Å². The second kappa shape index (κ2) is 8.34. The summed E-state index contributed by atoms with van der Waals surface area (Å²) in [6.07, 6.45) is 7.96. The molecule has 0 bridgehead atoms. The highest BCUT2D eigenvalue weighted by molar-refractivity contribution is 5.95. The SMILES string of the molecule is Cc1nc(-c2ccccc2)ccc1C(=O)N1CCCCCC1c1ccncc1. The number of hydrogen-bond donors (Lipinski definition) is 0. The fraction of sp³-hybridized carbons (Fsp3) is 0.292. The first-order valence-electron chi connectivity index (χ1n) is 9.98. The summed E-state index contributed by atoms with van der Waals surface area (Å²) in [5.41, 5.74) is 4.60. The van der Waals surface area contributed by atoms with Gasteiger partial charge in [-0.15, -0.1) is 0 Å². The molecule has 1 aromatic carbocycles. The van der Waals surface area contributed by atoms with Gasteiger partial charge in [-0.3, -0.25) is 14.8 Å². The van der Waals surface area contributed by atoms with Crippen molar-refractivity contribution in [3.63, 3.8) is 0 Å². The van der Waals surface area contributed by atoms with E-state index in [0.29, 0.717) is 5.56 Å². The zero-order valence-electron chi connectivity index (χ0n) is 16.2. The van der Waals surface area contributed by atoms with E-state index in [0.717, 1.165) is 54.7 Å². The Morgan fingerprint density at radius 3 is 2.50 bits per heavy atom. The van der Waals surface area contributed by atoms with Crippen LogP contribution in [0.3, 0.4) is 0 Å². The van der Waals surface area contributed by atoms with Crippen molar-refractivity contribution in [2.24, 2.45) is 0 Å². The first-order chi connectivity index (χ1) is 13.7. The molecule has 0 spiro atoms. The number of aromatic nitrogens is 2. The van der Waals surface area contributed by atoms with E-state index in [1.165, 1.54) is 0 Å². The molecule has 1 saturated heterocycles. The molecule has 1 aliphatic heterocycles. The molecule has 142 valence electrons. The van der Waals surface area contributed by atoms with Crippen LogP contribution in [0.15, 0.2) is 67.0 Å². The van der Waals surface area contributed by atoms with E-state index in [1.54, 1.807) is 0 Å². The predicted octanol–water partition coefficient (Wildman–Crippen LogP) is 5.21. The number of pyridine rings is 2. The number of carbonyl (C=O) groups is 1. The van der Waals surface area contributed by atoms with Gasteiger partial charge < -0.3 is 4.90 Å². The molecule has 0 radical (unpaired) electrons. The van der Waals surface area contributed by atoms with Crippen LogP contribution in [0.5, 0.6) is 0 Å². The molecule has 1 aliphatic rings. The minimum absolute atomic E-state index is 0.0772. The topological polar surface area (TPSA) is 46.1 Å². The van der Waals surface area contributed by atoms with Crippen molar-refractivity contribution in [1.82, 2.24) is 14.9 Å². The number of hydrogen-bond acceptors (Lipinski definition) is 3. The molecule has 0 aliphatic carbocycles. The van der Waals surface area contributed by atoms with Gasteiger partial charge in [-0.1, -0.05) is 43.2 Å². The standard InChI is InChI=1S/C24H25N3O/c1-18-21(11-12-22(26-18)19-8-4-2-5-9-19)24(28)27-17-7-3-6-10-23(27)20-13-15-25-16-14-20/h2,4-5,8-9,11-16,23H,3,6-7,10,17H2,1H3. The molecule has 0 N–H and O–H groups in total. The van der Waals surface area contributed by atoms with Gasteiger partial charge in [0.05, 0.1) is 23.0 Å². The van der Waals surface area contributed by atoms with Gasteiger partial charge in [0.2, 0.25) is 0 Å². The molecular weight excluding hydrogens is 346 g/mol. The van der Waals surface area contributed by atoms with E-state index < -0.39 is 0 Å². The summed E-state index contributed by atoms with van der Waals surface area (Å²) in [4.78, 5) is 24.4. The maximum absolute atomic E-state index is 13.5. The molecular formula is C24H25N3O. The molecule has 4 rings (SSSR count). The van der Waals surface area contributed by atoms with Crippen LogP contribution >= 0.6 is 0 Å². The van der Waals surface area contributed by atoms with E-state index in [2.05, 4.69) is 4.98 Å². The fourth-order valence-corrected chi connectivity index (χ4v) is 4.00. The van der Waals surface area contributed by atoms with E-state index >= 15 is 0 Å². The first kappa shape index (κ1) is 18.4. The minimum atomic E-state index is 0.0772. The van der Waals surface area contributed by atoms with E-state index in [4.69, 9.17) is 4.98 Å². The normalized spacial score (nSPS) is 17.2. The zero-order chi connectivity index (χ0) is 19.3. The van der Waals surface area contributed by atoms with Crippen LogP contribution in [0.4, 0.5) is 0 Å². The van der Waals surface area contributed by atoms with Gasteiger partial charge in [-0.2, -0.15) is 0 Å². The third kappa shape index (κ3) is 3.81. The lowest BCUT2D eigenvalue weighted by molar-refractivity contribution is 0.0679. The Morgan fingerprint density at radius 1 is 0.964 bits per heavy atom. The van der Waals surface area contributed by atoms with Crippen molar-refractivity contribution in [2.75, 3.05) is 6.54 Å². The number of amides is 1. The highest BCUT2D eigenvalue weighted by atomic mass is 16.2. The molecule has 3 aromatic rings. The van der Waals surface area contributed by atoms with Crippen LogP contribution in [0, 0.1) is 6.92 Å². The van der Waals surface area contributed by atoms with Crippen LogP contribution in [-0.2, 0) is 0 Å². The summed E-state index contributed by atoms with van der Waals surface area (Å²) in [6.45, 7) is 2.71. The van der Waals surface area contributed by atoms with E-state index in [-0.39, 0.29) is 11.9 Å². The molecule has 4 nitrogen and oxygen atoms in total. The van der Waals surface area contributed by atoms with Gasteiger partial charge in [0.15, 0.2) is 0 Å². The summed E-state index contributed by atoms with van der Waals surface area (Å²) in [7, 11) is 0. The number of nitrogens with zero attached hydrogens (tertiary/aromatic N) is 3. The Kier molecular flexibility index (Phi) is 5.47. The highest BCUT2D eigenvalue weighted by Crippen LogP contribution is 2.31. The number of rotatable bonds is 3. The largest absolute Gasteiger partial charge is 0.332 e. The fourth-order valence-electron chi connectivity index (χ4n) is 4.00. The minimum Gasteiger partial charge on any atom is -0.332 e. The van der Waals surface area contributed by atoms with Crippen molar-refractivity contribution >= 4 is 5.91 Å². The van der Waals surface area contributed by atoms with E-state index in [9.17, 15) is 4.79 Å². The van der Waals surface area contributed by atoms with Gasteiger partial charge in [0.25, 0.3) is 5.91 Å². The Labute approximate surface area is 166 Å². The van der Waals surface area contributed by atoms with Gasteiger partial charge in [0, 0.05) is 24.5 Å². The smallest absolute Gasteiger partial charge is 0.256 e. The molecule has 4 heteroatoms. The molecule has 3 heterocycles. The lowest BCUT2D eigenvalue weighted by Gasteiger charge is -2.31. The molecule has 0 saturated carbocycles. The van der Waals surface area contributed by atoms with Gasteiger partial charge >= 0.3 is 0 Å². The van der Waals surface area contributed by atoms with Gasteiger partial charge in [0.1, 0.15) is 0 Å². The molecule has 1 unspecified atom stereocenters. The molecule has 2 aromatic heterocycles. The molecule has 1 amide bonds. The monoisotopic (exact) mass is 371 g/mol. The summed E-state index contributed by atoms with van der Waals surface area (Å²) in [6, 6.07) is 18.1. The summed E-state index contributed by atoms with van der Waals surface area (Å²) < 4.78 is 0. The summed E-state index contributed by atoms with van der Waals surface area (Å²) in [5.74, 6) is 0.0772. The second-order valence-electron chi connectivity index (χ2n) is 7.34. The van der Waals surface area contributed by atoms with Crippen LogP contribution < -0.4 is 0 Å². The Balaban J connectivity index is 1.65. The third-order valence-electron chi connectivity index (χ3n) is 5.49. The molecule has 1 atom stereocenters. The van der Waals surface area contributed by atoms with Crippen LogP contribution in [0.1, 0.15) is 53.3 Å². The number of aryl methyl sites for hydroxylation is 1. The Hall–Kier alpha value is -3.01. The van der Waals surface area contributed by atoms with Crippen molar-refractivity contribution < 1.29 is 4.79 Å². The molecule has 28 heavy (non-hydrogen) atoms. The average Bonchev–Trinajstić information content (AvgIpc) is 3.00. The maximum Gasteiger partial charge on any atom is 0.256 e. The summed E-state index contributed by atoms with van der Waals surface area (Å²) >= 11 is 0. The van der Waals surface area contributed by atoms with Crippen LogP contribution in [-0.4, -0.2) is 27.3 Å².